The Morgan fingerprint density at radius 2 is 1.29 bits per heavy atom. The predicted molar refractivity (Wildman–Crippen MR) is 104 cm³/mol. The highest BCUT2D eigenvalue weighted by atomic mass is 31.2. The van der Waals surface area contributed by atoms with Crippen LogP contribution in [0.1, 0.15) is 0 Å². The molecule has 7 heteroatoms. The first-order valence-electron chi connectivity index (χ1n) is 8.38. The van der Waals surface area contributed by atoms with Gasteiger partial charge in [0.25, 0.3) is 0 Å². The van der Waals surface area contributed by atoms with Gasteiger partial charge in [0.05, 0.1) is 19.8 Å². The normalized spacial score (nSPS) is 13.6. The summed E-state index contributed by atoms with van der Waals surface area (Å²) in [5, 5.41) is -0.583. The van der Waals surface area contributed by atoms with Crippen molar-refractivity contribution >= 4 is 17.8 Å². The minimum atomic E-state index is -4.98. The highest BCUT2D eigenvalue weighted by molar-refractivity contribution is 7.79. The van der Waals surface area contributed by atoms with Crippen molar-refractivity contribution in [3.63, 3.8) is 0 Å². The van der Waals surface area contributed by atoms with Crippen molar-refractivity contribution in [3.05, 3.63) is 72.8 Å². The van der Waals surface area contributed by atoms with Gasteiger partial charge in [0.1, 0.15) is 11.5 Å². The molecule has 0 saturated heterocycles. The first-order chi connectivity index (χ1) is 13.3. The number of halogens is 3. The van der Waals surface area contributed by atoms with Gasteiger partial charge in [0.15, 0.2) is 0 Å². The van der Waals surface area contributed by atoms with Gasteiger partial charge in [-0.15, -0.1) is 0 Å². The van der Waals surface area contributed by atoms with Gasteiger partial charge < -0.3 is 14.0 Å². The lowest BCUT2D eigenvalue weighted by Gasteiger charge is -2.25. The molecule has 0 fully saturated rings. The summed E-state index contributed by atoms with van der Waals surface area (Å²) in [7, 11) is -2.15. The number of benzene rings is 3. The second-order valence-corrected chi connectivity index (χ2v) is 8.69. The molecule has 0 N–H and O–H groups in total. The third-order valence-corrected chi connectivity index (χ3v) is 7.23. The maximum absolute atomic E-state index is 14.2. The summed E-state index contributed by atoms with van der Waals surface area (Å²) < 4.78 is 67.0. The fourth-order valence-corrected chi connectivity index (χ4v) is 5.39. The van der Waals surface area contributed by atoms with Gasteiger partial charge in [-0.05, 0) is 12.1 Å². The van der Waals surface area contributed by atoms with Crippen LogP contribution in [0.4, 0.5) is 13.2 Å². The van der Waals surface area contributed by atoms with Gasteiger partial charge in [-0.1, -0.05) is 60.7 Å². The highest BCUT2D eigenvalue weighted by Gasteiger charge is 2.54. The second kappa shape index (κ2) is 7.72. The summed E-state index contributed by atoms with van der Waals surface area (Å²) >= 11 is 0. The summed E-state index contributed by atoms with van der Waals surface area (Å²) in [4.78, 5) is 0. The third kappa shape index (κ3) is 3.29. The lowest BCUT2D eigenvalue weighted by Crippen LogP contribution is -2.28. The van der Waals surface area contributed by atoms with Crippen LogP contribution in [0, 0.1) is 0 Å². The van der Waals surface area contributed by atoms with E-state index in [1.54, 1.807) is 30.3 Å². The van der Waals surface area contributed by atoms with E-state index in [9.17, 15) is 17.7 Å². The van der Waals surface area contributed by atoms with Crippen molar-refractivity contribution in [2.45, 2.75) is 5.92 Å². The molecule has 0 saturated carbocycles. The first kappa shape index (κ1) is 20.0. The molecule has 0 heterocycles. The van der Waals surface area contributed by atoms with Crippen molar-refractivity contribution in [3.8, 4) is 22.6 Å². The lowest BCUT2D eigenvalue weighted by atomic mass is 10.0. The Kier molecular flexibility index (Phi) is 5.52. The van der Waals surface area contributed by atoms with Crippen LogP contribution >= 0.6 is 7.14 Å². The summed E-state index contributed by atoms with van der Waals surface area (Å²) in [6.45, 7) is 0. The third-order valence-electron chi connectivity index (χ3n) is 4.42. The van der Waals surface area contributed by atoms with Crippen LogP contribution in [0.3, 0.4) is 0 Å². The smallest absolute Gasteiger partial charge is 0.448 e. The Morgan fingerprint density at radius 1 is 0.750 bits per heavy atom. The first-order valence-corrected chi connectivity index (χ1v) is 10.1. The zero-order valence-corrected chi connectivity index (χ0v) is 16.1. The Hall–Kier alpha value is -2.72. The standard InChI is InChI=1S/C21H18F3O3P/c1-26-17-12-8-13-18(27-2)20(17)16-11-6-7-14-19(16)28(25,21(22,23)24)15-9-4-3-5-10-15/h3-14H,1-2H3. The highest BCUT2D eigenvalue weighted by Crippen LogP contribution is 2.60. The number of methoxy groups -OCH3 is 2. The summed E-state index contributed by atoms with van der Waals surface area (Å²) in [6.07, 6.45) is 0. The molecule has 146 valence electrons. The quantitative estimate of drug-likeness (QED) is 0.546. The number of ether oxygens (including phenoxy) is 2. The molecule has 3 rings (SSSR count). The van der Waals surface area contributed by atoms with Gasteiger partial charge in [0, 0.05) is 16.2 Å². The number of alkyl halides is 3. The topological polar surface area (TPSA) is 35.5 Å². The molecule has 0 radical (unpaired) electrons. The maximum Gasteiger partial charge on any atom is 0.448 e. The van der Waals surface area contributed by atoms with Crippen LogP contribution < -0.4 is 20.1 Å². The molecular weight excluding hydrogens is 388 g/mol. The Balaban J connectivity index is 2.39. The van der Waals surface area contributed by atoms with Gasteiger partial charge >= 0.3 is 5.92 Å². The SMILES string of the molecule is COc1cccc(OC)c1-c1ccccc1P(=O)(c1ccccc1)C(F)(F)F. The molecule has 0 aliphatic carbocycles. The summed E-state index contributed by atoms with van der Waals surface area (Å²) in [6, 6.07) is 17.7. The van der Waals surface area contributed by atoms with Crippen LogP contribution in [0.5, 0.6) is 11.5 Å². The monoisotopic (exact) mass is 406 g/mol. The van der Waals surface area contributed by atoms with Crippen LogP contribution in [-0.2, 0) is 4.57 Å². The molecule has 1 unspecified atom stereocenters. The van der Waals surface area contributed by atoms with E-state index >= 15 is 0 Å². The molecule has 0 spiro atoms. The van der Waals surface area contributed by atoms with E-state index < -0.39 is 13.1 Å². The van der Waals surface area contributed by atoms with Gasteiger partial charge in [-0.2, -0.15) is 13.2 Å². The number of hydrogen-bond acceptors (Lipinski definition) is 3. The minimum Gasteiger partial charge on any atom is -0.496 e. The molecule has 3 aromatic rings. The van der Waals surface area contributed by atoms with Crippen molar-refractivity contribution in [2.24, 2.45) is 0 Å². The van der Waals surface area contributed by atoms with Gasteiger partial charge in [-0.3, -0.25) is 0 Å². The largest absolute Gasteiger partial charge is 0.496 e. The molecule has 1 atom stereocenters. The molecule has 0 aliphatic heterocycles. The minimum absolute atomic E-state index is 0.154. The van der Waals surface area contributed by atoms with E-state index in [4.69, 9.17) is 9.47 Å². The van der Waals surface area contributed by atoms with E-state index in [-0.39, 0.29) is 16.2 Å². The van der Waals surface area contributed by atoms with Crippen molar-refractivity contribution in [1.29, 1.82) is 0 Å². The van der Waals surface area contributed by atoms with Gasteiger partial charge in [-0.25, -0.2) is 0 Å². The van der Waals surface area contributed by atoms with Crippen molar-refractivity contribution in [2.75, 3.05) is 14.2 Å². The van der Waals surface area contributed by atoms with Gasteiger partial charge in [0.2, 0.25) is 7.14 Å². The van der Waals surface area contributed by atoms with Crippen LogP contribution in [0.2, 0.25) is 0 Å². The molecule has 3 nitrogen and oxygen atoms in total. The summed E-state index contributed by atoms with van der Waals surface area (Å²) in [5.74, 6) is -4.30. The van der Waals surface area contributed by atoms with Crippen molar-refractivity contribution in [1.82, 2.24) is 0 Å². The Bertz CT molecular complexity index is 995. The zero-order chi connectivity index (χ0) is 20.4. The molecule has 0 bridgehead atoms. The van der Waals surface area contributed by atoms with E-state index in [0.717, 1.165) is 0 Å². The Morgan fingerprint density at radius 3 is 1.82 bits per heavy atom. The molecule has 28 heavy (non-hydrogen) atoms. The fraction of sp³-hybridized carbons (Fsp3) is 0.143. The van der Waals surface area contributed by atoms with Crippen LogP contribution in [0.15, 0.2) is 72.8 Å². The molecular formula is C21H18F3O3P. The fourth-order valence-electron chi connectivity index (χ4n) is 3.14. The average Bonchev–Trinajstić information content (AvgIpc) is 2.72. The Labute approximate surface area is 161 Å². The second-order valence-electron chi connectivity index (χ2n) is 5.97. The zero-order valence-electron chi connectivity index (χ0n) is 15.2. The van der Waals surface area contributed by atoms with Crippen LogP contribution in [-0.4, -0.2) is 20.1 Å². The molecule has 0 aliphatic rings. The van der Waals surface area contributed by atoms with Crippen molar-refractivity contribution < 1.29 is 27.2 Å². The average molecular weight is 406 g/mol. The number of hydrogen-bond donors (Lipinski definition) is 0. The molecule has 0 aromatic heterocycles. The number of rotatable bonds is 5. The maximum atomic E-state index is 14.2. The molecule has 0 amide bonds. The van der Waals surface area contributed by atoms with E-state index in [0.29, 0.717) is 17.1 Å². The molecule has 3 aromatic carbocycles. The predicted octanol–water partition coefficient (Wildman–Crippen LogP) is 5.20. The van der Waals surface area contributed by atoms with E-state index in [1.165, 1.54) is 56.7 Å². The lowest BCUT2D eigenvalue weighted by molar-refractivity contribution is -0.0436. The van der Waals surface area contributed by atoms with E-state index in [2.05, 4.69) is 0 Å². The summed E-state index contributed by atoms with van der Waals surface area (Å²) in [5.41, 5.74) is 0.477. The van der Waals surface area contributed by atoms with E-state index in [1.807, 2.05) is 0 Å². The van der Waals surface area contributed by atoms with Crippen LogP contribution in [0.25, 0.3) is 11.1 Å².